The van der Waals surface area contributed by atoms with E-state index in [0.717, 1.165) is 0 Å². The number of carbonyl (C=O) groups is 1. The average molecular weight is 263 g/mol. The molecule has 0 saturated carbocycles. The molecule has 0 fully saturated rings. The lowest BCUT2D eigenvalue weighted by atomic mass is 10.1. The van der Waals surface area contributed by atoms with E-state index in [4.69, 9.17) is 4.74 Å². The Morgan fingerprint density at radius 2 is 2.21 bits per heavy atom. The number of rotatable bonds is 2. The van der Waals surface area contributed by atoms with Gasteiger partial charge in [-0.1, -0.05) is 12.1 Å². The van der Waals surface area contributed by atoms with Crippen molar-refractivity contribution < 1.29 is 14.5 Å². The van der Waals surface area contributed by atoms with Crippen LogP contribution in [0.25, 0.3) is 0 Å². The Labute approximate surface area is 109 Å². The third-order valence-electron chi connectivity index (χ3n) is 2.71. The largest absolute Gasteiger partial charge is 0.476 e. The highest BCUT2D eigenvalue weighted by atomic mass is 16.6. The highest BCUT2D eigenvalue weighted by molar-refractivity contribution is 5.93. The van der Waals surface area contributed by atoms with E-state index in [1.165, 1.54) is 11.0 Å². The minimum atomic E-state index is -0.524. The van der Waals surface area contributed by atoms with Gasteiger partial charge in [-0.15, -0.1) is 0 Å². The number of hydrogen-bond acceptors (Lipinski definition) is 4. The van der Waals surface area contributed by atoms with Gasteiger partial charge in [0.15, 0.2) is 6.73 Å². The smallest absolute Gasteiger partial charge is 0.328 e. The maximum Gasteiger partial charge on any atom is 0.328 e. The fourth-order valence-electron chi connectivity index (χ4n) is 1.73. The summed E-state index contributed by atoms with van der Waals surface area (Å²) in [5.41, 5.74) is 0.702. The summed E-state index contributed by atoms with van der Waals surface area (Å²) < 4.78 is 5.12. The van der Waals surface area contributed by atoms with E-state index in [1.54, 1.807) is 32.2 Å². The SMILES string of the molecule is CC1=CN(C(=O)Nc2c(C)cccc2[N+](=O)[O-])CO1. The molecule has 7 heteroatoms. The van der Waals surface area contributed by atoms with Gasteiger partial charge in [-0.05, 0) is 19.4 Å². The van der Waals surface area contributed by atoms with Gasteiger partial charge in [0, 0.05) is 12.3 Å². The fourth-order valence-corrected chi connectivity index (χ4v) is 1.73. The second kappa shape index (κ2) is 4.97. The molecule has 1 aliphatic rings. The lowest BCUT2D eigenvalue weighted by Crippen LogP contribution is -2.29. The highest BCUT2D eigenvalue weighted by Crippen LogP contribution is 2.28. The molecule has 2 rings (SSSR count). The van der Waals surface area contributed by atoms with Crippen molar-refractivity contribution in [1.29, 1.82) is 0 Å². The molecule has 0 aliphatic carbocycles. The van der Waals surface area contributed by atoms with Crippen molar-refractivity contribution >= 4 is 17.4 Å². The molecule has 0 radical (unpaired) electrons. The Morgan fingerprint density at radius 1 is 1.47 bits per heavy atom. The maximum absolute atomic E-state index is 12.0. The first-order valence-corrected chi connectivity index (χ1v) is 5.62. The zero-order valence-corrected chi connectivity index (χ0v) is 10.5. The molecule has 0 saturated heterocycles. The van der Waals surface area contributed by atoms with Crippen LogP contribution in [-0.2, 0) is 4.74 Å². The van der Waals surface area contributed by atoms with Crippen LogP contribution in [0.3, 0.4) is 0 Å². The third kappa shape index (κ3) is 2.65. The van der Waals surface area contributed by atoms with Crippen LogP contribution >= 0.6 is 0 Å². The van der Waals surface area contributed by atoms with E-state index >= 15 is 0 Å². The number of anilines is 1. The summed E-state index contributed by atoms with van der Waals surface area (Å²) in [6, 6.07) is 4.16. The quantitative estimate of drug-likeness (QED) is 0.656. The van der Waals surface area contributed by atoms with Gasteiger partial charge in [-0.25, -0.2) is 4.79 Å². The van der Waals surface area contributed by atoms with E-state index in [1.807, 2.05) is 0 Å². The maximum atomic E-state index is 12.0. The summed E-state index contributed by atoms with van der Waals surface area (Å²) in [6.45, 7) is 3.53. The summed E-state index contributed by atoms with van der Waals surface area (Å²) in [5.74, 6) is 0.620. The fraction of sp³-hybridized carbons (Fsp3) is 0.250. The van der Waals surface area contributed by atoms with Gasteiger partial charge < -0.3 is 10.1 Å². The molecule has 100 valence electrons. The van der Waals surface area contributed by atoms with Crippen molar-refractivity contribution in [3.8, 4) is 0 Å². The lowest BCUT2D eigenvalue weighted by molar-refractivity contribution is -0.384. The summed E-state index contributed by atoms with van der Waals surface area (Å²) in [4.78, 5) is 23.7. The summed E-state index contributed by atoms with van der Waals surface area (Å²) in [5, 5.41) is 13.5. The van der Waals surface area contributed by atoms with Crippen LogP contribution in [0.2, 0.25) is 0 Å². The number of hydrogen-bond donors (Lipinski definition) is 1. The first-order valence-electron chi connectivity index (χ1n) is 5.62. The van der Waals surface area contributed by atoms with Crippen LogP contribution in [-0.4, -0.2) is 22.6 Å². The number of urea groups is 1. The minimum Gasteiger partial charge on any atom is -0.476 e. The molecule has 2 amide bonds. The molecule has 0 unspecified atom stereocenters. The number of aryl methyl sites for hydroxylation is 1. The number of benzene rings is 1. The van der Waals surface area contributed by atoms with Crippen molar-refractivity contribution in [2.24, 2.45) is 0 Å². The third-order valence-corrected chi connectivity index (χ3v) is 2.71. The number of amides is 2. The Morgan fingerprint density at radius 3 is 2.79 bits per heavy atom. The monoisotopic (exact) mass is 263 g/mol. The van der Waals surface area contributed by atoms with E-state index in [9.17, 15) is 14.9 Å². The average Bonchev–Trinajstić information content (AvgIpc) is 2.78. The van der Waals surface area contributed by atoms with Crippen molar-refractivity contribution in [3.05, 3.63) is 45.8 Å². The number of nitro benzene ring substituents is 1. The van der Waals surface area contributed by atoms with Crippen LogP contribution < -0.4 is 5.32 Å². The number of nitrogens with one attached hydrogen (secondary N) is 1. The molecule has 0 spiro atoms. The Balaban J connectivity index is 2.24. The number of ether oxygens (including phenoxy) is 1. The van der Waals surface area contributed by atoms with Gasteiger partial charge in [0.2, 0.25) is 0 Å². The number of carbonyl (C=O) groups excluding carboxylic acids is 1. The van der Waals surface area contributed by atoms with Crippen LogP contribution in [0, 0.1) is 17.0 Å². The topological polar surface area (TPSA) is 84.7 Å². The standard InChI is InChI=1S/C12H13N3O4/c1-8-4-3-5-10(15(17)18)11(8)13-12(16)14-6-9(2)19-7-14/h3-6H,7H2,1-2H3,(H,13,16). The van der Waals surface area contributed by atoms with Crippen LogP contribution in [0.5, 0.6) is 0 Å². The van der Waals surface area contributed by atoms with Gasteiger partial charge >= 0.3 is 6.03 Å². The molecule has 19 heavy (non-hydrogen) atoms. The van der Waals surface area contributed by atoms with E-state index in [2.05, 4.69) is 5.32 Å². The zero-order chi connectivity index (χ0) is 14.0. The molecular formula is C12H13N3O4. The molecule has 0 atom stereocenters. The van der Waals surface area contributed by atoms with Crippen molar-refractivity contribution in [2.75, 3.05) is 12.0 Å². The van der Waals surface area contributed by atoms with Gasteiger partial charge in [-0.2, -0.15) is 0 Å². The van der Waals surface area contributed by atoms with Gasteiger partial charge in [0.05, 0.1) is 4.92 Å². The number of nitrogens with zero attached hydrogens (tertiary/aromatic N) is 2. The predicted molar refractivity (Wildman–Crippen MR) is 68.4 cm³/mol. The van der Waals surface area contributed by atoms with Crippen molar-refractivity contribution in [3.63, 3.8) is 0 Å². The molecule has 7 nitrogen and oxygen atoms in total. The van der Waals surface area contributed by atoms with Crippen LogP contribution in [0.4, 0.5) is 16.2 Å². The number of allylic oxidation sites excluding steroid dienone is 1. The highest BCUT2D eigenvalue weighted by Gasteiger charge is 2.22. The Kier molecular flexibility index (Phi) is 3.37. The second-order valence-corrected chi connectivity index (χ2v) is 4.14. The Bertz CT molecular complexity index is 568. The molecule has 1 heterocycles. The second-order valence-electron chi connectivity index (χ2n) is 4.14. The first-order chi connectivity index (χ1) is 8.99. The zero-order valence-electron chi connectivity index (χ0n) is 10.5. The molecule has 1 aromatic carbocycles. The van der Waals surface area contributed by atoms with E-state index < -0.39 is 11.0 Å². The van der Waals surface area contributed by atoms with Gasteiger partial charge in [0.1, 0.15) is 11.4 Å². The summed E-state index contributed by atoms with van der Waals surface area (Å²) in [6.07, 6.45) is 1.54. The lowest BCUT2D eigenvalue weighted by Gasteiger charge is -2.14. The number of para-hydroxylation sites is 1. The number of nitro groups is 1. The molecular weight excluding hydrogens is 250 g/mol. The predicted octanol–water partition coefficient (Wildman–Crippen LogP) is 2.59. The molecule has 1 aromatic rings. The molecule has 0 aromatic heterocycles. The van der Waals surface area contributed by atoms with Crippen molar-refractivity contribution in [2.45, 2.75) is 13.8 Å². The van der Waals surface area contributed by atoms with Gasteiger partial charge in [-0.3, -0.25) is 15.0 Å². The van der Waals surface area contributed by atoms with Crippen molar-refractivity contribution in [1.82, 2.24) is 4.90 Å². The summed E-state index contributed by atoms with van der Waals surface area (Å²) in [7, 11) is 0. The first kappa shape index (κ1) is 12.9. The Hall–Kier alpha value is -2.57. The molecule has 1 aliphatic heterocycles. The molecule has 1 N–H and O–H groups in total. The van der Waals surface area contributed by atoms with Gasteiger partial charge in [0.25, 0.3) is 5.69 Å². The summed E-state index contributed by atoms with van der Waals surface area (Å²) >= 11 is 0. The van der Waals surface area contributed by atoms with Crippen LogP contribution in [0.1, 0.15) is 12.5 Å². The minimum absolute atomic E-state index is 0.108. The van der Waals surface area contributed by atoms with E-state index in [0.29, 0.717) is 11.3 Å². The molecule has 0 bridgehead atoms. The van der Waals surface area contributed by atoms with E-state index in [-0.39, 0.29) is 18.1 Å². The normalized spacial score (nSPS) is 13.8. The van der Waals surface area contributed by atoms with Crippen LogP contribution in [0.15, 0.2) is 30.2 Å².